The molecule has 0 aromatic heterocycles. The van der Waals surface area contributed by atoms with Crippen LogP contribution in [0.5, 0.6) is 11.5 Å². The first-order chi connectivity index (χ1) is 8.99. The van der Waals surface area contributed by atoms with E-state index in [2.05, 4.69) is 5.32 Å². The Hall–Kier alpha value is -1.75. The largest absolute Gasteiger partial charge is 0.508 e. The van der Waals surface area contributed by atoms with Crippen LogP contribution in [0.1, 0.15) is 32.4 Å². The number of hydrogen-bond acceptors (Lipinski definition) is 5. The minimum Gasteiger partial charge on any atom is -0.508 e. The molecule has 106 valence electrons. The molecule has 19 heavy (non-hydrogen) atoms. The normalized spacial score (nSPS) is 13.7. The van der Waals surface area contributed by atoms with Crippen LogP contribution in [0.15, 0.2) is 18.2 Å². The molecule has 2 atom stereocenters. The summed E-state index contributed by atoms with van der Waals surface area (Å²) in [6.45, 7) is 5.71. The molecule has 0 bridgehead atoms. The second-order valence-electron chi connectivity index (χ2n) is 4.29. The molecule has 0 saturated heterocycles. The number of benzene rings is 1. The van der Waals surface area contributed by atoms with E-state index < -0.39 is 6.04 Å². The number of phenolic OH excluding ortho intramolecular Hbond substituents is 1. The van der Waals surface area contributed by atoms with Crippen molar-refractivity contribution in [1.29, 1.82) is 0 Å². The van der Waals surface area contributed by atoms with Gasteiger partial charge in [-0.3, -0.25) is 10.1 Å². The van der Waals surface area contributed by atoms with Gasteiger partial charge < -0.3 is 14.6 Å². The quantitative estimate of drug-likeness (QED) is 0.772. The Morgan fingerprint density at radius 1 is 1.42 bits per heavy atom. The molecule has 0 heterocycles. The van der Waals surface area contributed by atoms with E-state index in [0.29, 0.717) is 17.9 Å². The third kappa shape index (κ3) is 4.13. The third-order valence-corrected chi connectivity index (χ3v) is 2.84. The summed E-state index contributed by atoms with van der Waals surface area (Å²) >= 11 is 0. The number of rotatable bonds is 6. The number of carbonyl (C=O) groups is 1. The fourth-order valence-electron chi connectivity index (χ4n) is 1.81. The average molecular weight is 267 g/mol. The smallest absolute Gasteiger partial charge is 0.322 e. The molecule has 1 rings (SSSR count). The Kier molecular flexibility index (Phi) is 5.63. The Morgan fingerprint density at radius 3 is 2.68 bits per heavy atom. The predicted octanol–water partition coefficient (Wildman–Crippen LogP) is 2.00. The molecule has 1 aromatic carbocycles. The van der Waals surface area contributed by atoms with Gasteiger partial charge in [-0.1, -0.05) is 0 Å². The SMILES string of the molecule is CCOC(=O)C(C)NC(C)c1cc(OC)ccc1O. The average Bonchev–Trinajstić information content (AvgIpc) is 2.39. The van der Waals surface area contributed by atoms with Crippen LogP contribution in [0.4, 0.5) is 0 Å². The first-order valence-electron chi connectivity index (χ1n) is 6.29. The van der Waals surface area contributed by atoms with E-state index >= 15 is 0 Å². The summed E-state index contributed by atoms with van der Waals surface area (Å²) in [4.78, 5) is 11.5. The molecule has 0 aliphatic heterocycles. The fraction of sp³-hybridized carbons (Fsp3) is 0.500. The number of ether oxygens (including phenoxy) is 2. The lowest BCUT2D eigenvalue weighted by atomic mass is 10.1. The number of hydrogen-bond donors (Lipinski definition) is 2. The molecular weight excluding hydrogens is 246 g/mol. The molecule has 1 aromatic rings. The van der Waals surface area contributed by atoms with Crippen LogP contribution in [0.3, 0.4) is 0 Å². The standard InChI is InChI=1S/C14H21NO4/c1-5-19-14(17)10(3)15-9(2)12-8-11(18-4)6-7-13(12)16/h6-10,15-16H,5H2,1-4H3. The van der Waals surface area contributed by atoms with Gasteiger partial charge in [-0.25, -0.2) is 0 Å². The van der Waals surface area contributed by atoms with E-state index in [1.165, 1.54) is 0 Å². The summed E-state index contributed by atoms with van der Waals surface area (Å²) in [6, 6.07) is 4.35. The Bertz CT molecular complexity index is 433. The molecular formula is C14H21NO4. The van der Waals surface area contributed by atoms with Gasteiger partial charge in [-0.15, -0.1) is 0 Å². The minimum absolute atomic E-state index is 0.164. The van der Waals surface area contributed by atoms with Crippen LogP contribution >= 0.6 is 0 Å². The van der Waals surface area contributed by atoms with Gasteiger partial charge in [0.1, 0.15) is 17.5 Å². The lowest BCUT2D eigenvalue weighted by Gasteiger charge is -2.20. The number of aromatic hydroxyl groups is 1. The summed E-state index contributed by atoms with van der Waals surface area (Å²) < 4.78 is 10.0. The van der Waals surface area contributed by atoms with Gasteiger partial charge in [0.25, 0.3) is 0 Å². The minimum atomic E-state index is -0.444. The van der Waals surface area contributed by atoms with Crippen molar-refractivity contribution in [3.8, 4) is 11.5 Å². The van der Waals surface area contributed by atoms with Crippen molar-refractivity contribution in [2.75, 3.05) is 13.7 Å². The highest BCUT2D eigenvalue weighted by atomic mass is 16.5. The zero-order valence-electron chi connectivity index (χ0n) is 11.8. The van der Waals surface area contributed by atoms with Crippen molar-refractivity contribution in [3.05, 3.63) is 23.8 Å². The summed E-state index contributed by atoms with van der Waals surface area (Å²) in [5.41, 5.74) is 0.676. The van der Waals surface area contributed by atoms with Crippen LogP contribution in [-0.2, 0) is 9.53 Å². The van der Waals surface area contributed by atoms with Gasteiger partial charge >= 0.3 is 5.97 Å². The third-order valence-electron chi connectivity index (χ3n) is 2.84. The van der Waals surface area contributed by atoms with Gasteiger partial charge in [0.2, 0.25) is 0 Å². The van der Waals surface area contributed by atoms with Crippen LogP contribution in [0.25, 0.3) is 0 Å². The van der Waals surface area contributed by atoms with Gasteiger partial charge in [0.05, 0.1) is 13.7 Å². The van der Waals surface area contributed by atoms with E-state index in [4.69, 9.17) is 9.47 Å². The van der Waals surface area contributed by atoms with Crippen LogP contribution < -0.4 is 10.1 Å². The summed E-state index contributed by atoms with van der Waals surface area (Å²) in [5, 5.41) is 12.9. The molecule has 0 saturated carbocycles. The molecule has 0 amide bonds. The molecule has 2 unspecified atom stereocenters. The second kappa shape index (κ2) is 6.99. The monoisotopic (exact) mass is 267 g/mol. The maximum atomic E-state index is 11.5. The van der Waals surface area contributed by atoms with Crippen molar-refractivity contribution in [1.82, 2.24) is 5.32 Å². The maximum absolute atomic E-state index is 11.5. The number of carbonyl (C=O) groups excluding carboxylic acids is 1. The number of phenols is 1. The molecule has 0 spiro atoms. The first-order valence-corrected chi connectivity index (χ1v) is 6.29. The highest BCUT2D eigenvalue weighted by molar-refractivity contribution is 5.75. The lowest BCUT2D eigenvalue weighted by Crippen LogP contribution is -2.37. The Balaban J connectivity index is 2.77. The number of esters is 1. The molecule has 5 nitrogen and oxygen atoms in total. The van der Waals surface area contributed by atoms with Gasteiger partial charge in [0.15, 0.2) is 0 Å². The van der Waals surface area contributed by atoms with Crippen LogP contribution in [0.2, 0.25) is 0 Å². The fourth-order valence-corrected chi connectivity index (χ4v) is 1.81. The molecule has 0 radical (unpaired) electrons. The second-order valence-corrected chi connectivity index (χ2v) is 4.29. The van der Waals surface area contributed by atoms with Crippen molar-refractivity contribution < 1.29 is 19.4 Å². The van der Waals surface area contributed by atoms with Crippen molar-refractivity contribution >= 4 is 5.97 Å². The Morgan fingerprint density at radius 2 is 2.11 bits per heavy atom. The molecule has 5 heteroatoms. The van der Waals surface area contributed by atoms with E-state index in [0.717, 1.165) is 0 Å². The first kappa shape index (κ1) is 15.3. The van der Waals surface area contributed by atoms with E-state index in [1.54, 1.807) is 39.2 Å². The van der Waals surface area contributed by atoms with Crippen molar-refractivity contribution in [2.24, 2.45) is 0 Å². The summed E-state index contributed by atoms with van der Waals surface area (Å²) in [6.07, 6.45) is 0. The topological polar surface area (TPSA) is 67.8 Å². The summed E-state index contributed by atoms with van der Waals surface area (Å²) in [7, 11) is 1.56. The highest BCUT2D eigenvalue weighted by Crippen LogP contribution is 2.28. The summed E-state index contributed by atoms with van der Waals surface area (Å²) in [5.74, 6) is 0.513. The van der Waals surface area contributed by atoms with E-state index in [1.807, 2.05) is 6.92 Å². The van der Waals surface area contributed by atoms with Gasteiger partial charge in [-0.05, 0) is 39.0 Å². The molecule has 0 aliphatic rings. The van der Waals surface area contributed by atoms with Gasteiger partial charge in [0, 0.05) is 11.6 Å². The van der Waals surface area contributed by atoms with E-state index in [-0.39, 0.29) is 17.8 Å². The lowest BCUT2D eigenvalue weighted by molar-refractivity contribution is -0.145. The van der Waals surface area contributed by atoms with Crippen molar-refractivity contribution in [3.63, 3.8) is 0 Å². The van der Waals surface area contributed by atoms with Crippen LogP contribution in [0, 0.1) is 0 Å². The zero-order valence-corrected chi connectivity index (χ0v) is 11.8. The predicted molar refractivity (Wildman–Crippen MR) is 72.3 cm³/mol. The van der Waals surface area contributed by atoms with E-state index in [9.17, 15) is 9.90 Å². The number of methoxy groups -OCH3 is 1. The molecule has 2 N–H and O–H groups in total. The molecule has 0 fully saturated rings. The number of nitrogens with one attached hydrogen (secondary N) is 1. The highest BCUT2D eigenvalue weighted by Gasteiger charge is 2.19. The zero-order chi connectivity index (χ0) is 14.4. The van der Waals surface area contributed by atoms with Crippen molar-refractivity contribution in [2.45, 2.75) is 32.9 Å². The molecule has 0 aliphatic carbocycles. The Labute approximate surface area is 113 Å². The van der Waals surface area contributed by atoms with Crippen LogP contribution in [-0.4, -0.2) is 30.8 Å². The maximum Gasteiger partial charge on any atom is 0.322 e. The van der Waals surface area contributed by atoms with Gasteiger partial charge in [-0.2, -0.15) is 0 Å².